The van der Waals surface area contributed by atoms with E-state index in [2.05, 4.69) is 60.4 Å². The number of benzene rings is 3. The fourth-order valence-electron chi connectivity index (χ4n) is 2.73. The summed E-state index contributed by atoms with van der Waals surface area (Å²) in [6, 6.07) is 29.0. The van der Waals surface area contributed by atoms with Crippen LogP contribution in [-0.2, 0) is 0 Å². The zero-order valence-electron chi connectivity index (χ0n) is 14.5. The van der Waals surface area contributed by atoms with Crippen molar-refractivity contribution >= 4 is 22.7 Å². The first kappa shape index (κ1) is 16.4. The largest absolute Gasteiger partial charge is 0.227 e. The maximum Gasteiger partial charge on any atom is 0.210 e. The van der Waals surface area contributed by atoms with Gasteiger partial charge in [-0.25, -0.2) is 9.98 Å². The summed E-state index contributed by atoms with van der Waals surface area (Å²) in [5.74, 6) is 0. The standard InChI is InChI=1S/C23H18N2S/c1-17-12-14-19(15-13-17)21-22(20-10-6-3-7-11-20)26-23(25-21)24-16-18-8-4-2-5-9-18/h2-16H,1H3. The zero-order chi connectivity index (χ0) is 17.8. The van der Waals surface area contributed by atoms with E-state index in [9.17, 15) is 0 Å². The number of hydrogen-bond acceptors (Lipinski definition) is 3. The van der Waals surface area contributed by atoms with E-state index in [1.807, 2.05) is 42.6 Å². The van der Waals surface area contributed by atoms with Crippen molar-refractivity contribution in [3.05, 3.63) is 96.1 Å². The summed E-state index contributed by atoms with van der Waals surface area (Å²) in [7, 11) is 0. The van der Waals surface area contributed by atoms with Crippen LogP contribution >= 0.6 is 11.3 Å². The molecule has 0 spiro atoms. The minimum Gasteiger partial charge on any atom is -0.227 e. The molecule has 2 nitrogen and oxygen atoms in total. The fourth-order valence-corrected chi connectivity index (χ4v) is 3.66. The third-order valence-electron chi connectivity index (χ3n) is 4.10. The SMILES string of the molecule is Cc1ccc(-c2nc(N=Cc3ccccc3)sc2-c2ccccc2)cc1. The zero-order valence-corrected chi connectivity index (χ0v) is 15.3. The van der Waals surface area contributed by atoms with Gasteiger partial charge < -0.3 is 0 Å². The molecule has 0 aliphatic heterocycles. The lowest BCUT2D eigenvalue weighted by Crippen LogP contribution is -1.82. The van der Waals surface area contributed by atoms with Crippen LogP contribution < -0.4 is 0 Å². The van der Waals surface area contributed by atoms with Crippen molar-refractivity contribution in [2.75, 3.05) is 0 Å². The minimum atomic E-state index is 0.767. The van der Waals surface area contributed by atoms with E-state index < -0.39 is 0 Å². The van der Waals surface area contributed by atoms with E-state index in [1.165, 1.54) is 11.1 Å². The van der Waals surface area contributed by atoms with E-state index in [-0.39, 0.29) is 0 Å². The number of hydrogen-bond donors (Lipinski definition) is 0. The summed E-state index contributed by atoms with van der Waals surface area (Å²) in [5, 5.41) is 0.767. The molecule has 0 fully saturated rings. The maximum atomic E-state index is 4.82. The molecule has 0 amide bonds. The van der Waals surface area contributed by atoms with Gasteiger partial charge in [-0.2, -0.15) is 0 Å². The number of thiazole rings is 1. The van der Waals surface area contributed by atoms with Crippen molar-refractivity contribution in [1.29, 1.82) is 0 Å². The molecule has 0 aliphatic carbocycles. The predicted octanol–water partition coefficient (Wildman–Crippen LogP) is 6.54. The van der Waals surface area contributed by atoms with Gasteiger partial charge in [-0.05, 0) is 18.1 Å². The van der Waals surface area contributed by atoms with Gasteiger partial charge in [0.05, 0.1) is 10.6 Å². The van der Waals surface area contributed by atoms with Gasteiger partial charge in [0, 0.05) is 11.8 Å². The smallest absolute Gasteiger partial charge is 0.210 e. The topological polar surface area (TPSA) is 25.2 Å². The highest BCUT2D eigenvalue weighted by Crippen LogP contribution is 2.40. The van der Waals surface area contributed by atoms with E-state index >= 15 is 0 Å². The number of nitrogens with zero attached hydrogens (tertiary/aromatic N) is 2. The summed E-state index contributed by atoms with van der Waals surface area (Å²) in [6.45, 7) is 2.10. The molecular formula is C23H18N2S. The van der Waals surface area contributed by atoms with Crippen LogP contribution in [0, 0.1) is 6.92 Å². The van der Waals surface area contributed by atoms with Gasteiger partial charge in [-0.15, -0.1) is 0 Å². The van der Waals surface area contributed by atoms with Crippen LogP contribution in [0.5, 0.6) is 0 Å². The van der Waals surface area contributed by atoms with Crippen LogP contribution in [0.25, 0.3) is 21.7 Å². The predicted molar refractivity (Wildman–Crippen MR) is 111 cm³/mol. The molecule has 1 aromatic heterocycles. The average Bonchev–Trinajstić information content (AvgIpc) is 3.13. The second-order valence-electron chi connectivity index (χ2n) is 6.08. The van der Waals surface area contributed by atoms with Crippen molar-refractivity contribution in [2.45, 2.75) is 6.92 Å². The molecule has 4 aromatic rings. The molecule has 1 heterocycles. The maximum absolute atomic E-state index is 4.82. The van der Waals surface area contributed by atoms with Gasteiger partial charge in [0.25, 0.3) is 0 Å². The third kappa shape index (κ3) is 3.63. The van der Waals surface area contributed by atoms with Gasteiger partial charge >= 0.3 is 0 Å². The van der Waals surface area contributed by atoms with Gasteiger partial charge in [-0.1, -0.05) is 102 Å². The molecule has 4 rings (SSSR count). The monoisotopic (exact) mass is 354 g/mol. The van der Waals surface area contributed by atoms with Crippen LogP contribution in [0.2, 0.25) is 0 Å². The highest BCUT2D eigenvalue weighted by Gasteiger charge is 2.14. The first-order valence-corrected chi connectivity index (χ1v) is 9.34. The second kappa shape index (κ2) is 7.46. The molecule has 0 N–H and O–H groups in total. The summed E-state index contributed by atoms with van der Waals surface area (Å²) >= 11 is 1.62. The quantitative estimate of drug-likeness (QED) is 0.382. The first-order chi connectivity index (χ1) is 12.8. The Kier molecular flexibility index (Phi) is 4.71. The molecule has 0 bridgehead atoms. The Labute approximate surface area is 157 Å². The highest BCUT2D eigenvalue weighted by molar-refractivity contribution is 7.19. The Hall–Kier alpha value is -3.04. The lowest BCUT2D eigenvalue weighted by atomic mass is 10.1. The summed E-state index contributed by atoms with van der Waals surface area (Å²) in [5.41, 5.74) is 5.59. The van der Waals surface area contributed by atoms with Gasteiger partial charge in [0.2, 0.25) is 5.13 Å². The summed E-state index contributed by atoms with van der Waals surface area (Å²) < 4.78 is 0. The Morgan fingerprint density at radius 2 is 1.42 bits per heavy atom. The van der Waals surface area contributed by atoms with Crippen molar-refractivity contribution in [1.82, 2.24) is 4.98 Å². The minimum absolute atomic E-state index is 0.767. The number of aliphatic imine (C=N–C) groups is 1. The molecule has 126 valence electrons. The lowest BCUT2D eigenvalue weighted by molar-refractivity contribution is 1.35. The molecule has 3 heteroatoms. The van der Waals surface area contributed by atoms with Crippen molar-refractivity contribution in [3.8, 4) is 21.7 Å². The van der Waals surface area contributed by atoms with E-state index in [1.54, 1.807) is 11.3 Å². The van der Waals surface area contributed by atoms with Crippen LogP contribution in [-0.4, -0.2) is 11.2 Å². The number of aromatic nitrogens is 1. The molecule has 0 saturated heterocycles. The van der Waals surface area contributed by atoms with Gasteiger partial charge in [0.1, 0.15) is 0 Å². The van der Waals surface area contributed by atoms with Gasteiger partial charge in [0.15, 0.2) is 0 Å². The molecular weight excluding hydrogens is 336 g/mol. The molecule has 26 heavy (non-hydrogen) atoms. The molecule has 3 aromatic carbocycles. The molecule has 0 radical (unpaired) electrons. The Morgan fingerprint density at radius 3 is 2.12 bits per heavy atom. The van der Waals surface area contributed by atoms with E-state index in [0.29, 0.717) is 0 Å². The summed E-state index contributed by atoms with van der Waals surface area (Å²) in [4.78, 5) is 10.6. The van der Waals surface area contributed by atoms with Crippen LogP contribution in [0.3, 0.4) is 0 Å². The Balaban J connectivity index is 1.77. The third-order valence-corrected chi connectivity index (χ3v) is 5.11. The van der Waals surface area contributed by atoms with Crippen molar-refractivity contribution in [2.24, 2.45) is 4.99 Å². The number of aryl methyl sites for hydroxylation is 1. The Bertz CT molecular complexity index is 1020. The molecule has 0 unspecified atom stereocenters. The van der Waals surface area contributed by atoms with E-state index in [0.717, 1.165) is 26.8 Å². The molecule has 0 aliphatic rings. The number of rotatable bonds is 4. The van der Waals surface area contributed by atoms with Crippen molar-refractivity contribution < 1.29 is 0 Å². The lowest BCUT2D eigenvalue weighted by Gasteiger charge is -2.03. The molecule has 0 saturated carbocycles. The molecule has 0 atom stereocenters. The van der Waals surface area contributed by atoms with Crippen molar-refractivity contribution in [3.63, 3.8) is 0 Å². The summed E-state index contributed by atoms with van der Waals surface area (Å²) in [6.07, 6.45) is 1.87. The second-order valence-corrected chi connectivity index (χ2v) is 7.05. The van der Waals surface area contributed by atoms with E-state index in [4.69, 9.17) is 4.98 Å². The van der Waals surface area contributed by atoms with Gasteiger partial charge in [-0.3, -0.25) is 0 Å². The van der Waals surface area contributed by atoms with Crippen LogP contribution in [0.4, 0.5) is 5.13 Å². The fraction of sp³-hybridized carbons (Fsp3) is 0.0435. The first-order valence-electron chi connectivity index (χ1n) is 8.52. The Morgan fingerprint density at radius 1 is 0.769 bits per heavy atom. The average molecular weight is 354 g/mol. The highest BCUT2D eigenvalue weighted by atomic mass is 32.1. The van der Waals surface area contributed by atoms with Crippen LogP contribution in [0.15, 0.2) is 89.9 Å². The van der Waals surface area contributed by atoms with Crippen LogP contribution in [0.1, 0.15) is 11.1 Å². The normalized spacial score (nSPS) is 11.1.